The van der Waals surface area contributed by atoms with E-state index in [1.807, 2.05) is 19.1 Å². The lowest BCUT2D eigenvalue weighted by atomic mass is 10.1. The van der Waals surface area contributed by atoms with Gasteiger partial charge in [-0.05, 0) is 54.4 Å². The van der Waals surface area contributed by atoms with Crippen LogP contribution in [-0.2, 0) is 6.42 Å². The van der Waals surface area contributed by atoms with E-state index in [4.69, 9.17) is 4.74 Å². The molecule has 0 saturated carbocycles. The fraction of sp³-hybridized carbons (Fsp3) is 0.333. The van der Waals surface area contributed by atoms with Crippen molar-refractivity contribution in [2.75, 3.05) is 33.3 Å². The van der Waals surface area contributed by atoms with Crippen LogP contribution in [-0.4, -0.2) is 54.9 Å². The Morgan fingerprint density at radius 1 is 0.926 bits per heavy atom. The Bertz CT molecular complexity index is 828. The molecular weight excluding hydrogens is 347 g/mol. The number of carbonyl (C=O) groups excluding carboxylic acids is 2. The smallest absolute Gasteiger partial charge is 0.253 e. The van der Waals surface area contributed by atoms with Crippen LogP contribution in [0.3, 0.4) is 0 Å². The average molecular weight is 370 g/mol. The van der Waals surface area contributed by atoms with E-state index in [1.165, 1.54) is 24.3 Å². The van der Waals surface area contributed by atoms with Crippen LogP contribution in [0.1, 0.15) is 33.2 Å². The molecule has 1 heterocycles. The van der Waals surface area contributed by atoms with Gasteiger partial charge in [0, 0.05) is 37.3 Å². The van der Waals surface area contributed by atoms with Crippen molar-refractivity contribution < 1.29 is 18.7 Å². The minimum Gasteiger partial charge on any atom is -0.496 e. The average Bonchev–Trinajstić information content (AvgIpc) is 2.72. The zero-order valence-electron chi connectivity index (χ0n) is 15.6. The number of ether oxygens (including phenoxy) is 1. The largest absolute Gasteiger partial charge is 0.496 e. The van der Waals surface area contributed by atoms with Crippen molar-refractivity contribution >= 4 is 11.8 Å². The van der Waals surface area contributed by atoms with E-state index in [9.17, 15) is 14.0 Å². The number of amides is 2. The van der Waals surface area contributed by atoms with E-state index in [1.54, 1.807) is 23.0 Å². The van der Waals surface area contributed by atoms with Crippen LogP contribution >= 0.6 is 0 Å². The third-order valence-electron chi connectivity index (χ3n) is 4.85. The first-order chi connectivity index (χ1) is 13.0. The van der Waals surface area contributed by atoms with Crippen molar-refractivity contribution in [1.29, 1.82) is 0 Å². The highest BCUT2D eigenvalue weighted by Gasteiger charge is 2.25. The van der Waals surface area contributed by atoms with Gasteiger partial charge in [0.25, 0.3) is 11.8 Å². The maximum atomic E-state index is 13.0. The number of hydrogen-bond donors (Lipinski definition) is 0. The Labute approximate surface area is 158 Å². The van der Waals surface area contributed by atoms with Gasteiger partial charge in [-0.1, -0.05) is 6.92 Å². The van der Waals surface area contributed by atoms with Crippen molar-refractivity contribution in [2.45, 2.75) is 13.3 Å². The Kier molecular flexibility index (Phi) is 5.74. The molecular formula is C21H23FN2O3. The molecule has 2 aromatic rings. The minimum atomic E-state index is -0.368. The molecule has 1 aliphatic heterocycles. The SMILES string of the molecule is CCc1cc(C(=O)N2CCN(C(=O)c3ccc(F)cc3)CC2)ccc1OC. The number of nitrogens with zero attached hydrogens (tertiary/aromatic N) is 2. The van der Waals surface area contributed by atoms with Gasteiger partial charge in [0.05, 0.1) is 7.11 Å². The van der Waals surface area contributed by atoms with E-state index < -0.39 is 0 Å². The minimum absolute atomic E-state index is 0.0405. The van der Waals surface area contributed by atoms with Gasteiger partial charge in [-0.3, -0.25) is 9.59 Å². The number of aryl methyl sites for hydroxylation is 1. The molecule has 1 saturated heterocycles. The summed E-state index contributed by atoms with van der Waals surface area (Å²) in [7, 11) is 1.62. The third kappa shape index (κ3) is 4.10. The Hall–Kier alpha value is -2.89. The molecule has 2 amide bonds. The summed E-state index contributed by atoms with van der Waals surface area (Å²) in [6, 6.07) is 11.0. The van der Waals surface area contributed by atoms with Gasteiger partial charge in [-0.15, -0.1) is 0 Å². The van der Waals surface area contributed by atoms with Crippen molar-refractivity contribution in [3.63, 3.8) is 0 Å². The predicted molar refractivity (Wildman–Crippen MR) is 101 cm³/mol. The number of hydrogen-bond acceptors (Lipinski definition) is 3. The first kappa shape index (κ1) is 18.9. The van der Waals surface area contributed by atoms with E-state index in [0.717, 1.165) is 17.7 Å². The molecule has 0 bridgehead atoms. The fourth-order valence-electron chi connectivity index (χ4n) is 3.26. The maximum absolute atomic E-state index is 13.0. The molecule has 5 nitrogen and oxygen atoms in total. The molecule has 27 heavy (non-hydrogen) atoms. The molecule has 0 N–H and O–H groups in total. The summed E-state index contributed by atoms with van der Waals surface area (Å²) in [6.07, 6.45) is 0.782. The van der Waals surface area contributed by atoms with Gasteiger partial charge >= 0.3 is 0 Å². The van der Waals surface area contributed by atoms with Crippen LogP contribution in [0, 0.1) is 5.82 Å². The second kappa shape index (κ2) is 8.20. The molecule has 0 spiro atoms. The van der Waals surface area contributed by atoms with Crippen molar-refractivity contribution in [1.82, 2.24) is 9.80 Å². The summed E-state index contributed by atoms with van der Waals surface area (Å²) < 4.78 is 18.3. The molecule has 0 aliphatic carbocycles. The lowest BCUT2D eigenvalue weighted by molar-refractivity contribution is 0.0535. The number of halogens is 1. The highest BCUT2D eigenvalue weighted by molar-refractivity contribution is 5.96. The predicted octanol–water partition coefficient (Wildman–Crippen LogP) is 2.99. The van der Waals surface area contributed by atoms with E-state index in [-0.39, 0.29) is 17.6 Å². The number of methoxy groups -OCH3 is 1. The first-order valence-electron chi connectivity index (χ1n) is 9.04. The van der Waals surface area contributed by atoms with Crippen LogP contribution in [0.15, 0.2) is 42.5 Å². The summed E-state index contributed by atoms with van der Waals surface area (Å²) in [5.74, 6) is 0.234. The topological polar surface area (TPSA) is 49.9 Å². The van der Waals surface area contributed by atoms with E-state index in [0.29, 0.717) is 37.3 Å². The van der Waals surface area contributed by atoms with Crippen LogP contribution < -0.4 is 4.74 Å². The highest BCUT2D eigenvalue weighted by Crippen LogP contribution is 2.22. The van der Waals surface area contributed by atoms with E-state index >= 15 is 0 Å². The van der Waals surface area contributed by atoms with Gasteiger partial charge in [0.1, 0.15) is 11.6 Å². The van der Waals surface area contributed by atoms with Gasteiger partial charge in [0.2, 0.25) is 0 Å². The maximum Gasteiger partial charge on any atom is 0.253 e. The second-order valence-electron chi connectivity index (χ2n) is 6.47. The first-order valence-corrected chi connectivity index (χ1v) is 9.04. The van der Waals surface area contributed by atoms with Crippen molar-refractivity contribution in [2.24, 2.45) is 0 Å². The monoisotopic (exact) mass is 370 g/mol. The Morgan fingerprint density at radius 2 is 1.44 bits per heavy atom. The second-order valence-corrected chi connectivity index (χ2v) is 6.47. The number of rotatable bonds is 4. The zero-order chi connectivity index (χ0) is 19.4. The molecule has 0 radical (unpaired) electrons. The quantitative estimate of drug-likeness (QED) is 0.831. The summed E-state index contributed by atoms with van der Waals surface area (Å²) in [5, 5.41) is 0. The van der Waals surface area contributed by atoms with Crippen LogP contribution in [0.2, 0.25) is 0 Å². The molecule has 2 aromatic carbocycles. The van der Waals surface area contributed by atoms with Crippen molar-refractivity contribution in [3.8, 4) is 5.75 Å². The van der Waals surface area contributed by atoms with E-state index in [2.05, 4.69) is 0 Å². The number of benzene rings is 2. The van der Waals surface area contributed by atoms with Crippen LogP contribution in [0.4, 0.5) is 4.39 Å². The molecule has 1 fully saturated rings. The molecule has 0 atom stereocenters. The molecule has 0 unspecified atom stereocenters. The lowest BCUT2D eigenvalue weighted by Crippen LogP contribution is -2.50. The normalized spacial score (nSPS) is 14.2. The summed E-state index contributed by atoms with van der Waals surface area (Å²) in [6.45, 7) is 3.88. The van der Waals surface area contributed by atoms with Gasteiger partial charge in [-0.25, -0.2) is 4.39 Å². The molecule has 0 aromatic heterocycles. The number of piperazine rings is 1. The van der Waals surface area contributed by atoms with Gasteiger partial charge in [-0.2, -0.15) is 0 Å². The highest BCUT2D eigenvalue weighted by atomic mass is 19.1. The lowest BCUT2D eigenvalue weighted by Gasteiger charge is -2.35. The third-order valence-corrected chi connectivity index (χ3v) is 4.85. The molecule has 6 heteroatoms. The van der Waals surface area contributed by atoms with Gasteiger partial charge < -0.3 is 14.5 Å². The number of carbonyl (C=O) groups is 2. The molecule has 142 valence electrons. The fourth-order valence-corrected chi connectivity index (χ4v) is 3.26. The van der Waals surface area contributed by atoms with Crippen LogP contribution in [0.25, 0.3) is 0 Å². The summed E-state index contributed by atoms with van der Waals surface area (Å²) in [5.41, 5.74) is 2.08. The van der Waals surface area contributed by atoms with Crippen molar-refractivity contribution in [3.05, 3.63) is 65.0 Å². The van der Waals surface area contributed by atoms with Gasteiger partial charge in [0.15, 0.2) is 0 Å². The van der Waals surface area contributed by atoms with Crippen LogP contribution in [0.5, 0.6) is 5.75 Å². The standard InChI is InChI=1S/C21H23FN2O3/c1-3-15-14-17(6-9-19(15)27-2)21(26)24-12-10-23(11-13-24)20(25)16-4-7-18(22)8-5-16/h4-9,14H,3,10-13H2,1-2H3. The Morgan fingerprint density at radius 3 is 1.96 bits per heavy atom. The molecule has 3 rings (SSSR count). The summed E-state index contributed by atoms with van der Waals surface area (Å²) in [4.78, 5) is 28.7. The zero-order valence-corrected chi connectivity index (χ0v) is 15.6. The Balaban J connectivity index is 1.64. The molecule has 1 aliphatic rings. The summed E-state index contributed by atoms with van der Waals surface area (Å²) >= 11 is 0.